The van der Waals surface area contributed by atoms with Crippen LogP contribution in [0.2, 0.25) is 0 Å². The zero-order valence-electron chi connectivity index (χ0n) is 4.61. The van der Waals surface area contributed by atoms with Gasteiger partial charge in [0.2, 0.25) is 0 Å². The lowest BCUT2D eigenvalue weighted by Crippen LogP contribution is -2.12. The average molecular weight is 134 g/mol. The summed E-state index contributed by atoms with van der Waals surface area (Å²) in [4.78, 5) is 0. The summed E-state index contributed by atoms with van der Waals surface area (Å²) in [6.45, 7) is 4.96. The predicted octanol–water partition coefficient (Wildman–Crippen LogP) is 0.578. The highest BCUT2D eigenvalue weighted by atomic mass is 35.5. The fraction of sp³-hybridized carbons (Fsp3) is 0.250. The van der Waals surface area contributed by atoms with E-state index in [2.05, 4.69) is 17.1 Å². The summed E-state index contributed by atoms with van der Waals surface area (Å²) >= 11 is 5.31. The molecule has 0 aromatic rings. The Morgan fingerprint density at radius 1 is 1.88 bits per heavy atom. The molecule has 0 amide bonds. The van der Waals surface area contributed by atoms with Gasteiger partial charge in [-0.15, -0.1) is 0 Å². The zero-order chi connectivity index (χ0) is 6.57. The summed E-state index contributed by atoms with van der Waals surface area (Å²) in [5.74, 6) is 0.282. The van der Waals surface area contributed by atoms with Crippen molar-refractivity contribution in [1.82, 2.24) is 5.43 Å². The Hall–Kier alpha value is -0.700. The molecule has 0 bridgehead atoms. The molecule has 0 radical (unpaired) electrons. The third-order valence-electron chi connectivity index (χ3n) is 0.354. The van der Waals surface area contributed by atoms with E-state index in [4.69, 9.17) is 17.3 Å². The van der Waals surface area contributed by atoms with E-state index >= 15 is 0 Å². The zero-order valence-corrected chi connectivity index (χ0v) is 5.37. The lowest BCUT2D eigenvalue weighted by molar-refractivity contribution is 0.879. The van der Waals surface area contributed by atoms with Crippen LogP contribution in [-0.2, 0) is 0 Å². The van der Waals surface area contributed by atoms with Crippen LogP contribution in [0.5, 0.6) is 0 Å². The van der Waals surface area contributed by atoms with Crippen molar-refractivity contribution < 1.29 is 0 Å². The van der Waals surface area contributed by atoms with Crippen LogP contribution in [0.1, 0.15) is 6.92 Å². The van der Waals surface area contributed by atoms with E-state index in [9.17, 15) is 0 Å². The lowest BCUT2D eigenvalue weighted by atomic mass is 10.8. The second kappa shape index (κ2) is 3.32. The van der Waals surface area contributed by atoms with Gasteiger partial charge in [-0.05, 0) is 6.92 Å². The van der Waals surface area contributed by atoms with Gasteiger partial charge in [0.25, 0.3) is 0 Å². The summed E-state index contributed by atoms with van der Waals surface area (Å²) in [5.41, 5.74) is 7.45. The first-order chi connectivity index (χ1) is 3.63. The molecule has 3 nitrogen and oxygen atoms in total. The normalized spacial score (nSPS) is 11.0. The highest BCUT2D eigenvalue weighted by Gasteiger charge is 1.78. The highest BCUT2D eigenvalue weighted by molar-refractivity contribution is 6.64. The van der Waals surface area contributed by atoms with E-state index in [-0.39, 0.29) is 5.82 Å². The molecule has 0 spiro atoms. The minimum atomic E-state index is 0.282. The molecule has 0 saturated carbocycles. The summed E-state index contributed by atoms with van der Waals surface area (Å²) in [5, 5.41) is 3.93. The molecule has 0 aliphatic carbocycles. The van der Waals surface area contributed by atoms with Crippen LogP contribution in [0, 0.1) is 0 Å². The van der Waals surface area contributed by atoms with Crippen molar-refractivity contribution >= 4 is 16.8 Å². The number of nitrogens with zero attached hydrogens (tertiary/aromatic N) is 1. The van der Waals surface area contributed by atoms with Crippen LogP contribution < -0.4 is 11.2 Å². The molecule has 0 atom stereocenters. The molecule has 0 aliphatic heterocycles. The molecule has 3 N–H and O–H groups in total. The van der Waals surface area contributed by atoms with Crippen LogP contribution in [-0.4, -0.2) is 5.17 Å². The Balaban J connectivity index is 3.45. The molecule has 0 fully saturated rings. The van der Waals surface area contributed by atoms with Crippen molar-refractivity contribution in [2.45, 2.75) is 6.92 Å². The largest absolute Gasteiger partial charge is 0.385 e. The van der Waals surface area contributed by atoms with Gasteiger partial charge < -0.3 is 5.73 Å². The molecule has 0 aromatic carbocycles. The van der Waals surface area contributed by atoms with Gasteiger partial charge in [-0.25, -0.2) is 0 Å². The molecular weight excluding hydrogens is 126 g/mol. The third-order valence-corrected chi connectivity index (χ3v) is 0.438. The Kier molecular flexibility index (Phi) is 3.03. The molecule has 0 saturated heterocycles. The second-order valence-corrected chi connectivity index (χ2v) is 1.79. The van der Waals surface area contributed by atoms with Gasteiger partial charge >= 0.3 is 0 Å². The third kappa shape index (κ3) is 5.30. The van der Waals surface area contributed by atoms with Gasteiger partial charge in [-0.3, -0.25) is 5.43 Å². The number of halogens is 1. The second-order valence-electron chi connectivity index (χ2n) is 1.25. The number of nitrogens with one attached hydrogen (secondary N) is 1. The maximum Gasteiger partial charge on any atom is 0.123 e. The topological polar surface area (TPSA) is 50.4 Å². The van der Waals surface area contributed by atoms with E-state index in [1.54, 1.807) is 6.92 Å². The maximum atomic E-state index is 5.31. The minimum absolute atomic E-state index is 0.282. The summed E-state index contributed by atoms with van der Waals surface area (Å²) in [6, 6.07) is 0. The molecule has 8 heavy (non-hydrogen) atoms. The number of hydrazone groups is 1. The fourth-order valence-electron chi connectivity index (χ4n) is 0.149. The van der Waals surface area contributed by atoms with Crippen molar-refractivity contribution in [2.24, 2.45) is 10.8 Å². The van der Waals surface area contributed by atoms with Crippen molar-refractivity contribution in [3.05, 3.63) is 12.4 Å². The molecule has 0 unspecified atom stereocenters. The van der Waals surface area contributed by atoms with Crippen molar-refractivity contribution in [2.75, 3.05) is 0 Å². The first-order valence-electron chi connectivity index (χ1n) is 2.03. The number of hydrogen-bond acceptors (Lipinski definition) is 3. The highest BCUT2D eigenvalue weighted by Crippen LogP contribution is 1.79. The molecule has 0 rings (SSSR count). The van der Waals surface area contributed by atoms with Crippen molar-refractivity contribution in [1.29, 1.82) is 0 Å². The monoisotopic (exact) mass is 133 g/mol. The first kappa shape index (κ1) is 7.30. The smallest absolute Gasteiger partial charge is 0.123 e. The molecule has 0 aliphatic rings. The fourth-order valence-corrected chi connectivity index (χ4v) is 0.191. The molecule has 4 heteroatoms. The molecular formula is C4H8ClN3. The number of nitrogens with two attached hydrogens (primary N) is 1. The van der Waals surface area contributed by atoms with Crippen molar-refractivity contribution in [3.63, 3.8) is 0 Å². The van der Waals surface area contributed by atoms with Gasteiger partial charge in [0.05, 0.1) is 0 Å². The number of rotatable bonds is 2. The predicted molar refractivity (Wildman–Crippen MR) is 35.4 cm³/mol. The molecule has 0 aromatic heterocycles. The summed E-state index contributed by atoms with van der Waals surface area (Å²) in [6.07, 6.45) is 0. The molecule has 46 valence electrons. The van der Waals surface area contributed by atoms with Crippen molar-refractivity contribution in [3.8, 4) is 0 Å². The standard InChI is InChI=1S/C4H8ClN3/c1-3(5)7-8-4(2)6/h8H,2,6H2,1H3/b7-3+. The van der Waals surface area contributed by atoms with Gasteiger partial charge in [-0.1, -0.05) is 18.2 Å². The maximum absolute atomic E-state index is 5.31. The van der Waals surface area contributed by atoms with E-state index in [0.717, 1.165) is 0 Å². The van der Waals surface area contributed by atoms with E-state index < -0.39 is 0 Å². The SMILES string of the molecule is C=C(N)N/N=C(\C)Cl. The number of hydrogen-bond donors (Lipinski definition) is 2. The van der Waals surface area contributed by atoms with Crippen LogP contribution in [0.3, 0.4) is 0 Å². The van der Waals surface area contributed by atoms with Gasteiger partial charge in [-0.2, -0.15) is 5.10 Å². The van der Waals surface area contributed by atoms with E-state index in [1.165, 1.54) is 0 Å². The Morgan fingerprint density at radius 3 is 2.50 bits per heavy atom. The van der Waals surface area contributed by atoms with Crippen LogP contribution >= 0.6 is 11.6 Å². The van der Waals surface area contributed by atoms with Gasteiger partial charge in [0, 0.05) is 0 Å². The summed E-state index contributed by atoms with van der Waals surface area (Å²) in [7, 11) is 0. The van der Waals surface area contributed by atoms with E-state index in [1.807, 2.05) is 0 Å². The summed E-state index contributed by atoms with van der Waals surface area (Å²) < 4.78 is 0. The average Bonchev–Trinajstić information content (AvgIpc) is 1.61. The van der Waals surface area contributed by atoms with Gasteiger partial charge in [0.15, 0.2) is 0 Å². The Labute approximate surface area is 53.2 Å². The van der Waals surface area contributed by atoms with Gasteiger partial charge in [0.1, 0.15) is 11.0 Å². The molecule has 0 heterocycles. The van der Waals surface area contributed by atoms with E-state index in [0.29, 0.717) is 5.17 Å². The van der Waals surface area contributed by atoms with Crippen LogP contribution in [0.25, 0.3) is 0 Å². The van der Waals surface area contributed by atoms with Crippen LogP contribution in [0.4, 0.5) is 0 Å². The lowest BCUT2D eigenvalue weighted by Gasteiger charge is -1.93. The minimum Gasteiger partial charge on any atom is -0.385 e. The quantitative estimate of drug-likeness (QED) is 0.428. The Morgan fingerprint density at radius 2 is 2.38 bits per heavy atom. The first-order valence-corrected chi connectivity index (χ1v) is 2.41. The van der Waals surface area contributed by atoms with Crippen LogP contribution in [0.15, 0.2) is 17.5 Å². The Bertz CT molecular complexity index is 114.